The van der Waals surface area contributed by atoms with E-state index in [9.17, 15) is 5.11 Å². The van der Waals surface area contributed by atoms with Crippen molar-refractivity contribution in [3.05, 3.63) is 24.6 Å². The van der Waals surface area contributed by atoms with Crippen LogP contribution >= 0.6 is 0 Å². The van der Waals surface area contributed by atoms with Gasteiger partial charge in [-0.25, -0.2) is 0 Å². The number of likely N-dealkylation sites (N-methyl/N-ethyl adjacent to an activating group) is 1. The van der Waals surface area contributed by atoms with Gasteiger partial charge in [-0.15, -0.1) is 0 Å². The number of allylic oxidation sites excluding steroid dienone is 2. The Morgan fingerprint density at radius 2 is 2.06 bits per heavy atom. The van der Waals surface area contributed by atoms with Gasteiger partial charge in [0.15, 0.2) is 6.17 Å². The third-order valence-electron chi connectivity index (χ3n) is 3.61. The molecule has 0 saturated heterocycles. The number of nitrogens with one attached hydrogen (secondary N) is 1. The standard InChI is InChI=1S/C14H27N2O/c1-3-5-6-7-8-9-14-15-10-11-16(14,4-2)12-13-17/h6-7,10-11,14-15,17H,3-5,8-9,12-13H2,1-2H3/q+1/b7-6+. The molecule has 1 rings (SSSR count). The molecule has 0 fully saturated rings. The van der Waals surface area contributed by atoms with Crippen molar-refractivity contribution >= 4 is 0 Å². The molecule has 0 amide bonds. The lowest BCUT2D eigenvalue weighted by Crippen LogP contribution is -2.53. The smallest absolute Gasteiger partial charge is 0.166 e. The second-order valence-corrected chi connectivity index (χ2v) is 4.70. The fourth-order valence-corrected chi connectivity index (χ4v) is 2.45. The maximum absolute atomic E-state index is 9.19. The van der Waals surface area contributed by atoms with Crippen LogP contribution in [0.4, 0.5) is 0 Å². The Morgan fingerprint density at radius 1 is 1.29 bits per heavy atom. The van der Waals surface area contributed by atoms with Crippen LogP contribution in [0.15, 0.2) is 24.6 Å². The minimum absolute atomic E-state index is 0.252. The van der Waals surface area contributed by atoms with Crippen molar-refractivity contribution in [2.75, 3.05) is 19.7 Å². The van der Waals surface area contributed by atoms with Crippen molar-refractivity contribution < 1.29 is 9.59 Å². The predicted molar refractivity (Wildman–Crippen MR) is 72.1 cm³/mol. The highest BCUT2D eigenvalue weighted by Crippen LogP contribution is 2.21. The molecular weight excluding hydrogens is 212 g/mol. The van der Waals surface area contributed by atoms with Gasteiger partial charge in [0.25, 0.3) is 0 Å². The van der Waals surface area contributed by atoms with Crippen molar-refractivity contribution in [2.45, 2.75) is 45.7 Å². The quantitative estimate of drug-likeness (QED) is 0.503. The van der Waals surface area contributed by atoms with Crippen LogP contribution in [0.2, 0.25) is 0 Å². The number of nitrogens with zero attached hydrogens (tertiary/aromatic N) is 1. The van der Waals surface area contributed by atoms with Crippen molar-refractivity contribution in [1.29, 1.82) is 0 Å². The fourth-order valence-electron chi connectivity index (χ4n) is 2.45. The molecule has 3 heteroatoms. The molecule has 1 aliphatic rings. The van der Waals surface area contributed by atoms with Crippen molar-refractivity contribution in [3.8, 4) is 0 Å². The van der Waals surface area contributed by atoms with Crippen LogP contribution in [0.1, 0.15) is 39.5 Å². The van der Waals surface area contributed by atoms with E-state index in [4.69, 9.17) is 0 Å². The zero-order valence-electron chi connectivity index (χ0n) is 11.2. The van der Waals surface area contributed by atoms with E-state index in [0.717, 1.165) is 30.4 Å². The Bertz CT molecular complexity index is 263. The minimum Gasteiger partial charge on any atom is -0.390 e. The van der Waals surface area contributed by atoms with Crippen LogP contribution < -0.4 is 5.32 Å². The Kier molecular flexibility index (Phi) is 6.30. The molecule has 0 radical (unpaired) electrons. The highest BCUT2D eigenvalue weighted by Gasteiger charge is 2.35. The molecule has 98 valence electrons. The van der Waals surface area contributed by atoms with E-state index in [1.165, 1.54) is 12.8 Å². The molecule has 0 bridgehead atoms. The Labute approximate surface area is 105 Å². The average Bonchev–Trinajstić information content (AvgIpc) is 2.73. The van der Waals surface area contributed by atoms with Gasteiger partial charge in [0, 0.05) is 6.42 Å². The molecular formula is C14H27N2O+. The number of rotatable bonds is 8. The molecule has 1 heterocycles. The molecule has 2 unspecified atom stereocenters. The number of aliphatic hydroxyl groups excluding tert-OH is 1. The molecule has 0 aromatic heterocycles. The third-order valence-corrected chi connectivity index (χ3v) is 3.61. The Balaban J connectivity index is 2.41. The zero-order valence-corrected chi connectivity index (χ0v) is 11.2. The van der Waals surface area contributed by atoms with Crippen LogP contribution in [0.5, 0.6) is 0 Å². The SMILES string of the molecule is CCC/C=C/CCC1NC=C[N+]1(CC)CCO. The van der Waals surface area contributed by atoms with Crippen molar-refractivity contribution in [1.82, 2.24) is 5.32 Å². The average molecular weight is 239 g/mol. The van der Waals surface area contributed by atoms with Crippen molar-refractivity contribution in [2.24, 2.45) is 0 Å². The van der Waals surface area contributed by atoms with E-state index >= 15 is 0 Å². The van der Waals surface area contributed by atoms with Gasteiger partial charge < -0.3 is 10.4 Å². The topological polar surface area (TPSA) is 32.3 Å². The minimum atomic E-state index is 0.252. The van der Waals surface area contributed by atoms with Gasteiger partial charge in [0.1, 0.15) is 12.7 Å². The highest BCUT2D eigenvalue weighted by molar-refractivity contribution is 4.87. The van der Waals surface area contributed by atoms with E-state index in [2.05, 4.69) is 37.5 Å². The lowest BCUT2D eigenvalue weighted by Gasteiger charge is -2.36. The number of quaternary nitrogens is 1. The van der Waals surface area contributed by atoms with Gasteiger partial charge >= 0.3 is 0 Å². The normalized spacial score (nSPS) is 27.8. The molecule has 17 heavy (non-hydrogen) atoms. The van der Waals surface area contributed by atoms with Crippen LogP contribution in [0.3, 0.4) is 0 Å². The molecule has 1 aliphatic heterocycles. The summed E-state index contributed by atoms with van der Waals surface area (Å²) < 4.78 is 0.873. The largest absolute Gasteiger partial charge is 0.390 e. The van der Waals surface area contributed by atoms with Crippen LogP contribution in [0, 0.1) is 0 Å². The molecule has 0 aromatic carbocycles. The van der Waals surface area contributed by atoms with E-state index in [1.807, 2.05) is 6.20 Å². The predicted octanol–water partition coefficient (Wildman–Crippen LogP) is 2.35. The summed E-state index contributed by atoms with van der Waals surface area (Å²) in [6.45, 7) is 6.48. The first kappa shape index (κ1) is 14.3. The third kappa shape index (κ3) is 3.86. The number of hydrogen-bond acceptors (Lipinski definition) is 2. The van der Waals surface area contributed by atoms with Crippen molar-refractivity contribution in [3.63, 3.8) is 0 Å². The zero-order chi connectivity index (χ0) is 12.6. The second kappa shape index (κ2) is 7.51. The first-order valence-corrected chi connectivity index (χ1v) is 6.85. The number of unbranched alkanes of at least 4 members (excludes halogenated alkanes) is 1. The first-order valence-electron chi connectivity index (χ1n) is 6.85. The summed E-state index contributed by atoms with van der Waals surface area (Å²) in [7, 11) is 0. The summed E-state index contributed by atoms with van der Waals surface area (Å²) in [4.78, 5) is 0. The first-order chi connectivity index (χ1) is 8.29. The van der Waals surface area contributed by atoms with Gasteiger partial charge in [-0.05, 0) is 19.8 Å². The summed E-state index contributed by atoms with van der Waals surface area (Å²) in [5.74, 6) is 0. The molecule has 0 aliphatic carbocycles. The van der Waals surface area contributed by atoms with Gasteiger partial charge in [-0.3, -0.25) is 4.48 Å². The Hall–Kier alpha value is -0.800. The summed E-state index contributed by atoms with van der Waals surface area (Å²) >= 11 is 0. The summed E-state index contributed by atoms with van der Waals surface area (Å²) in [6.07, 6.45) is 13.9. The molecule has 0 aromatic rings. The Morgan fingerprint density at radius 3 is 2.71 bits per heavy atom. The fraction of sp³-hybridized carbons (Fsp3) is 0.714. The maximum atomic E-state index is 9.19. The van der Waals surface area contributed by atoms with E-state index in [-0.39, 0.29) is 6.61 Å². The van der Waals surface area contributed by atoms with E-state index in [0.29, 0.717) is 6.17 Å². The van der Waals surface area contributed by atoms with Crippen LogP contribution in [-0.4, -0.2) is 35.5 Å². The maximum Gasteiger partial charge on any atom is 0.166 e. The monoisotopic (exact) mass is 239 g/mol. The molecule has 2 N–H and O–H groups in total. The van der Waals surface area contributed by atoms with Crippen LogP contribution in [-0.2, 0) is 0 Å². The highest BCUT2D eigenvalue weighted by atomic mass is 16.3. The van der Waals surface area contributed by atoms with Gasteiger partial charge in [-0.1, -0.05) is 25.5 Å². The van der Waals surface area contributed by atoms with Gasteiger partial charge in [0.2, 0.25) is 0 Å². The summed E-state index contributed by atoms with van der Waals surface area (Å²) in [5, 5.41) is 12.6. The molecule has 0 saturated carbocycles. The molecule has 2 atom stereocenters. The lowest BCUT2D eigenvalue weighted by molar-refractivity contribution is -0.899. The summed E-state index contributed by atoms with van der Waals surface area (Å²) in [6, 6.07) is 0. The second-order valence-electron chi connectivity index (χ2n) is 4.70. The van der Waals surface area contributed by atoms with Gasteiger partial charge in [-0.2, -0.15) is 0 Å². The lowest BCUT2D eigenvalue weighted by atomic mass is 10.2. The van der Waals surface area contributed by atoms with Gasteiger partial charge in [0.05, 0.1) is 19.4 Å². The van der Waals surface area contributed by atoms with E-state index in [1.54, 1.807) is 0 Å². The number of aliphatic hydroxyl groups is 1. The molecule has 0 spiro atoms. The molecule has 3 nitrogen and oxygen atoms in total. The summed E-state index contributed by atoms with van der Waals surface area (Å²) in [5.41, 5.74) is 0. The number of hydrogen-bond donors (Lipinski definition) is 2. The van der Waals surface area contributed by atoms with E-state index < -0.39 is 0 Å². The van der Waals surface area contributed by atoms with Crippen LogP contribution in [0.25, 0.3) is 0 Å².